The van der Waals surface area contributed by atoms with E-state index in [-0.39, 0.29) is 11.9 Å². The van der Waals surface area contributed by atoms with Crippen LogP contribution < -0.4 is 5.32 Å². The van der Waals surface area contributed by atoms with Crippen LogP contribution in [0.4, 0.5) is 10.3 Å². The zero-order valence-corrected chi connectivity index (χ0v) is 11.8. The molecule has 4 rings (SSSR count). The summed E-state index contributed by atoms with van der Waals surface area (Å²) in [7, 11) is 0. The predicted molar refractivity (Wildman–Crippen MR) is 80.8 cm³/mol. The Labute approximate surface area is 127 Å². The molecule has 0 fully saturated rings. The molecule has 0 saturated carbocycles. The van der Waals surface area contributed by atoms with E-state index in [2.05, 4.69) is 15.5 Å². The standard InChI is InChI=1S/C17H14FN3O/c18-13-7-8-14-12(10-13)6-9-15(14)19-17-20-16(22-21-17)11-4-2-1-3-5-11/h1-5,7-8,10,15H,6,9H2,(H,19,21). The summed E-state index contributed by atoms with van der Waals surface area (Å²) in [4.78, 5) is 4.37. The highest BCUT2D eigenvalue weighted by molar-refractivity contribution is 5.54. The second-order valence-corrected chi connectivity index (χ2v) is 5.37. The topological polar surface area (TPSA) is 51.0 Å². The highest BCUT2D eigenvalue weighted by Gasteiger charge is 2.24. The Kier molecular flexibility index (Phi) is 3.11. The first-order valence-corrected chi connectivity index (χ1v) is 7.23. The van der Waals surface area contributed by atoms with Crippen LogP contribution in [-0.4, -0.2) is 10.1 Å². The van der Waals surface area contributed by atoms with Gasteiger partial charge in [0.25, 0.3) is 11.8 Å². The predicted octanol–water partition coefficient (Wildman–Crippen LogP) is 3.98. The van der Waals surface area contributed by atoms with E-state index in [0.29, 0.717) is 11.8 Å². The molecule has 1 aliphatic carbocycles. The number of hydrogen-bond acceptors (Lipinski definition) is 4. The maximum absolute atomic E-state index is 13.2. The summed E-state index contributed by atoms with van der Waals surface area (Å²) in [5, 5.41) is 7.24. The van der Waals surface area contributed by atoms with Crippen LogP contribution in [0.5, 0.6) is 0 Å². The smallest absolute Gasteiger partial charge is 0.264 e. The molecule has 0 amide bonds. The fraction of sp³-hybridized carbons (Fsp3) is 0.176. The summed E-state index contributed by atoms with van der Waals surface area (Å²) in [5.74, 6) is 0.756. The second-order valence-electron chi connectivity index (χ2n) is 5.37. The molecule has 3 aromatic rings. The van der Waals surface area contributed by atoms with Gasteiger partial charge in [-0.1, -0.05) is 24.3 Å². The van der Waals surface area contributed by atoms with Crippen molar-refractivity contribution in [2.45, 2.75) is 18.9 Å². The normalized spacial score (nSPS) is 16.5. The maximum Gasteiger partial charge on any atom is 0.264 e. The molecule has 1 atom stereocenters. The molecule has 1 aromatic heterocycles. The van der Waals surface area contributed by atoms with Crippen molar-refractivity contribution in [3.05, 3.63) is 65.5 Å². The summed E-state index contributed by atoms with van der Waals surface area (Å²) in [6.45, 7) is 0. The Morgan fingerprint density at radius 3 is 2.86 bits per heavy atom. The number of rotatable bonds is 3. The molecule has 1 aliphatic rings. The highest BCUT2D eigenvalue weighted by Crippen LogP contribution is 2.34. The van der Waals surface area contributed by atoms with Gasteiger partial charge < -0.3 is 9.84 Å². The van der Waals surface area contributed by atoms with E-state index in [0.717, 1.165) is 29.5 Å². The fourth-order valence-corrected chi connectivity index (χ4v) is 2.87. The van der Waals surface area contributed by atoms with Crippen molar-refractivity contribution in [2.75, 3.05) is 5.32 Å². The lowest BCUT2D eigenvalue weighted by molar-refractivity contribution is 0.431. The van der Waals surface area contributed by atoms with Gasteiger partial charge in [-0.25, -0.2) is 4.39 Å². The summed E-state index contributed by atoms with van der Waals surface area (Å²) >= 11 is 0. The minimum Gasteiger partial charge on any atom is -0.345 e. The van der Waals surface area contributed by atoms with Crippen LogP contribution in [0.2, 0.25) is 0 Å². The highest BCUT2D eigenvalue weighted by atomic mass is 19.1. The zero-order chi connectivity index (χ0) is 14.9. The molecule has 0 aliphatic heterocycles. The van der Waals surface area contributed by atoms with Crippen LogP contribution in [-0.2, 0) is 6.42 Å². The molecule has 22 heavy (non-hydrogen) atoms. The first-order chi connectivity index (χ1) is 10.8. The van der Waals surface area contributed by atoms with Gasteiger partial charge in [0, 0.05) is 5.56 Å². The Morgan fingerprint density at radius 1 is 1.14 bits per heavy atom. The Morgan fingerprint density at radius 2 is 2.00 bits per heavy atom. The van der Waals surface area contributed by atoms with E-state index in [9.17, 15) is 4.39 Å². The van der Waals surface area contributed by atoms with Crippen molar-refractivity contribution in [3.63, 3.8) is 0 Å². The average Bonchev–Trinajstić information content (AvgIpc) is 3.16. The van der Waals surface area contributed by atoms with Gasteiger partial charge in [-0.15, -0.1) is 0 Å². The molecule has 0 saturated heterocycles. The zero-order valence-electron chi connectivity index (χ0n) is 11.8. The molecule has 2 aromatic carbocycles. The number of nitrogens with zero attached hydrogens (tertiary/aromatic N) is 2. The van der Waals surface area contributed by atoms with Crippen molar-refractivity contribution in [1.29, 1.82) is 0 Å². The third kappa shape index (κ3) is 2.35. The monoisotopic (exact) mass is 295 g/mol. The molecule has 0 spiro atoms. The average molecular weight is 295 g/mol. The minimum absolute atomic E-state index is 0.0943. The van der Waals surface area contributed by atoms with Crippen LogP contribution in [0.25, 0.3) is 11.5 Å². The molecule has 1 heterocycles. The van der Waals surface area contributed by atoms with Crippen LogP contribution in [0, 0.1) is 5.82 Å². The van der Waals surface area contributed by atoms with Crippen molar-refractivity contribution in [2.24, 2.45) is 0 Å². The SMILES string of the molecule is Fc1ccc2c(c1)CCC2Nc1noc(-c2ccccc2)n1. The number of halogens is 1. The number of nitrogens with one attached hydrogen (secondary N) is 1. The third-order valence-corrected chi connectivity index (χ3v) is 3.93. The lowest BCUT2D eigenvalue weighted by Crippen LogP contribution is -2.08. The van der Waals surface area contributed by atoms with Gasteiger partial charge in [-0.3, -0.25) is 0 Å². The summed E-state index contributed by atoms with van der Waals surface area (Å²) < 4.78 is 18.5. The van der Waals surface area contributed by atoms with E-state index in [1.165, 1.54) is 6.07 Å². The summed E-state index contributed by atoms with van der Waals surface area (Å²) in [5.41, 5.74) is 3.04. The lowest BCUT2D eigenvalue weighted by atomic mass is 10.1. The molecule has 0 radical (unpaired) electrons. The fourth-order valence-electron chi connectivity index (χ4n) is 2.87. The van der Waals surface area contributed by atoms with Crippen LogP contribution in [0.15, 0.2) is 53.1 Å². The van der Waals surface area contributed by atoms with Gasteiger partial charge in [0.05, 0.1) is 6.04 Å². The molecular weight excluding hydrogens is 281 g/mol. The van der Waals surface area contributed by atoms with E-state index >= 15 is 0 Å². The third-order valence-electron chi connectivity index (χ3n) is 3.93. The molecule has 5 heteroatoms. The number of aromatic nitrogens is 2. The van der Waals surface area contributed by atoms with Gasteiger partial charge >= 0.3 is 0 Å². The van der Waals surface area contributed by atoms with Crippen molar-refractivity contribution in [1.82, 2.24) is 10.1 Å². The second kappa shape index (κ2) is 5.26. The van der Waals surface area contributed by atoms with E-state index in [1.54, 1.807) is 6.07 Å². The summed E-state index contributed by atoms with van der Waals surface area (Å²) in [6.07, 6.45) is 1.75. The van der Waals surface area contributed by atoms with E-state index in [1.807, 2.05) is 36.4 Å². The van der Waals surface area contributed by atoms with Crippen LogP contribution in [0.1, 0.15) is 23.6 Å². The minimum atomic E-state index is -0.190. The molecule has 1 N–H and O–H groups in total. The maximum atomic E-state index is 13.2. The lowest BCUT2D eigenvalue weighted by Gasteiger charge is -2.11. The van der Waals surface area contributed by atoms with Crippen molar-refractivity contribution >= 4 is 5.95 Å². The van der Waals surface area contributed by atoms with E-state index < -0.39 is 0 Å². The number of fused-ring (bicyclic) bond motifs is 1. The van der Waals surface area contributed by atoms with Gasteiger partial charge in [0.2, 0.25) is 0 Å². The van der Waals surface area contributed by atoms with Crippen LogP contribution >= 0.6 is 0 Å². The van der Waals surface area contributed by atoms with Crippen molar-refractivity contribution in [3.8, 4) is 11.5 Å². The van der Waals surface area contributed by atoms with Gasteiger partial charge in [-0.2, -0.15) is 4.98 Å². The number of hydrogen-bond donors (Lipinski definition) is 1. The summed E-state index contributed by atoms with van der Waals surface area (Å²) in [6, 6.07) is 14.6. The first-order valence-electron chi connectivity index (χ1n) is 7.23. The molecule has 1 unspecified atom stereocenters. The quantitative estimate of drug-likeness (QED) is 0.794. The molecule has 110 valence electrons. The van der Waals surface area contributed by atoms with E-state index in [4.69, 9.17) is 4.52 Å². The first kappa shape index (κ1) is 13.0. The Bertz CT molecular complexity index is 801. The van der Waals surface area contributed by atoms with Crippen molar-refractivity contribution < 1.29 is 8.91 Å². The molecule has 4 nitrogen and oxygen atoms in total. The number of anilines is 1. The van der Waals surface area contributed by atoms with Gasteiger partial charge in [-0.05, 0) is 53.4 Å². The molecule has 0 bridgehead atoms. The van der Waals surface area contributed by atoms with Crippen LogP contribution in [0.3, 0.4) is 0 Å². The largest absolute Gasteiger partial charge is 0.345 e. The number of benzene rings is 2. The molecular formula is C17H14FN3O. The number of aryl methyl sites for hydroxylation is 1. The van der Waals surface area contributed by atoms with Gasteiger partial charge in [0.1, 0.15) is 5.82 Å². The van der Waals surface area contributed by atoms with Gasteiger partial charge in [0.15, 0.2) is 0 Å². The Balaban J connectivity index is 1.55. The Hall–Kier alpha value is -2.69.